The summed E-state index contributed by atoms with van der Waals surface area (Å²) in [6, 6.07) is 3.36. The average molecular weight is 281 g/mol. The minimum absolute atomic E-state index is 0.0289. The summed E-state index contributed by atoms with van der Waals surface area (Å²) >= 11 is 1.40. The molecule has 0 bridgehead atoms. The first-order valence-electron chi connectivity index (χ1n) is 6.61. The van der Waals surface area contributed by atoms with Crippen LogP contribution in [0.2, 0.25) is 0 Å². The number of aliphatic hydroxyl groups is 1. The molecule has 1 amide bonds. The second-order valence-electron chi connectivity index (χ2n) is 5.22. The molecule has 0 radical (unpaired) electrons. The van der Waals surface area contributed by atoms with Crippen LogP contribution in [0, 0.1) is 0 Å². The van der Waals surface area contributed by atoms with E-state index < -0.39 is 5.60 Å². The fraction of sp³-hybridized carbons (Fsp3) is 0.571. The van der Waals surface area contributed by atoms with Crippen molar-refractivity contribution in [3.63, 3.8) is 0 Å². The van der Waals surface area contributed by atoms with E-state index in [4.69, 9.17) is 0 Å². The number of hydrogen-bond acceptors (Lipinski definition) is 4. The van der Waals surface area contributed by atoms with Crippen LogP contribution in [-0.2, 0) is 4.79 Å². The minimum atomic E-state index is -1.22. The van der Waals surface area contributed by atoms with E-state index in [1.807, 2.05) is 11.4 Å². The van der Waals surface area contributed by atoms with Crippen molar-refractivity contribution in [2.45, 2.75) is 50.7 Å². The van der Waals surface area contributed by atoms with Gasteiger partial charge in [0.25, 0.3) is 5.91 Å². The fourth-order valence-corrected chi connectivity index (χ4v) is 3.09. The number of carbonyl (C=O) groups excluding carboxylic acids is 2. The lowest BCUT2D eigenvalue weighted by Crippen LogP contribution is -2.48. The van der Waals surface area contributed by atoms with Gasteiger partial charge in [0, 0.05) is 12.5 Å². The summed E-state index contributed by atoms with van der Waals surface area (Å²) in [5.41, 5.74) is -1.22. The molecule has 0 spiro atoms. The topological polar surface area (TPSA) is 66.4 Å². The lowest BCUT2D eigenvalue weighted by atomic mass is 10.0. The monoisotopic (exact) mass is 281 g/mol. The molecule has 1 aromatic heterocycles. The molecule has 0 unspecified atom stereocenters. The maximum absolute atomic E-state index is 12.0. The zero-order valence-electron chi connectivity index (χ0n) is 11.0. The van der Waals surface area contributed by atoms with Crippen molar-refractivity contribution < 1.29 is 14.7 Å². The zero-order chi connectivity index (χ0) is 13.9. The Kier molecular flexibility index (Phi) is 4.37. The van der Waals surface area contributed by atoms with E-state index in [0.29, 0.717) is 17.7 Å². The van der Waals surface area contributed by atoms with E-state index in [1.165, 1.54) is 11.3 Å². The van der Waals surface area contributed by atoms with Gasteiger partial charge >= 0.3 is 0 Å². The first-order chi connectivity index (χ1) is 9.01. The van der Waals surface area contributed by atoms with Crippen LogP contribution >= 0.6 is 11.3 Å². The van der Waals surface area contributed by atoms with Crippen molar-refractivity contribution in [1.29, 1.82) is 0 Å². The summed E-state index contributed by atoms with van der Waals surface area (Å²) < 4.78 is 0. The van der Waals surface area contributed by atoms with Crippen LogP contribution in [0.5, 0.6) is 0 Å². The quantitative estimate of drug-likeness (QED) is 0.813. The van der Waals surface area contributed by atoms with Crippen molar-refractivity contribution in [2.24, 2.45) is 0 Å². The summed E-state index contributed by atoms with van der Waals surface area (Å²) in [5.74, 6) is -0.308. The van der Waals surface area contributed by atoms with Gasteiger partial charge in [-0.3, -0.25) is 9.59 Å². The molecule has 1 aliphatic carbocycles. The largest absolute Gasteiger partial charge is 0.380 e. The Labute approximate surface area is 116 Å². The van der Waals surface area contributed by atoms with Gasteiger partial charge in [0.1, 0.15) is 5.60 Å². The van der Waals surface area contributed by atoms with Crippen LogP contribution in [0.4, 0.5) is 0 Å². The molecule has 4 nitrogen and oxygen atoms in total. The highest BCUT2D eigenvalue weighted by Gasteiger charge is 2.39. The zero-order valence-corrected chi connectivity index (χ0v) is 11.8. The van der Waals surface area contributed by atoms with E-state index in [1.54, 1.807) is 13.0 Å². The Bertz CT molecular complexity index is 449. The number of Topliss-reactive ketones (excluding diaryl/α,β-unsaturated/α-hetero) is 1. The molecule has 1 saturated carbocycles. The Balaban J connectivity index is 1.86. The van der Waals surface area contributed by atoms with Gasteiger partial charge in [0.15, 0.2) is 5.78 Å². The molecule has 1 aromatic rings. The van der Waals surface area contributed by atoms with Crippen LogP contribution in [0.25, 0.3) is 0 Å². The molecule has 0 aromatic carbocycles. The Morgan fingerprint density at radius 2 is 2.16 bits per heavy atom. The van der Waals surface area contributed by atoms with Crippen molar-refractivity contribution >= 4 is 23.0 Å². The van der Waals surface area contributed by atoms with Gasteiger partial charge in [0.05, 0.1) is 4.88 Å². The van der Waals surface area contributed by atoms with Crippen LogP contribution in [0.1, 0.15) is 48.7 Å². The first kappa shape index (κ1) is 14.2. The summed E-state index contributed by atoms with van der Waals surface area (Å²) in [5, 5.41) is 14.7. The number of thiophene rings is 1. The van der Waals surface area contributed by atoms with Crippen molar-refractivity contribution in [1.82, 2.24) is 5.32 Å². The maximum atomic E-state index is 12.0. The third-order valence-electron chi connectivity index (χ3n) is 3.52. The number of nitrogens with one attached hydrogen (secondary N) is 1. The number of ketones is 1. The van der Waals surface area contributed by atoms with Crippen molar-refractivity contribution in [2.75, 3.05) is 0 Å². The molecule has 1 fully saturated rings. The van der Waals surface area contributed by atoms with E-state index in [-0.39, 0.29) is 24.2 Å². The molecular weight excluding hydrogens is 262 g/mol. The molecule has 1 heterocycles. The van der Waals surface area contributed by atoms with E-state index >= 15 is 0 Å². The van der Waals surface area contributed by atoms with Crippen LogP contribution in [0.3, 0.4) is 0 Å². The number of rotatable bonds is 5. The summed E-state index contributed by atoms with van der Waals surface area (Å²) in [4.78, 5) is 24.6. The van der Waals surface area contributed by atoms with E-state index in [0.717, 1.165) is 12.8 Å². The minimum Gasteiger partial charge on any atom is -0.380 e. The number of amides is 1. The predicted octanol–water partition coefficient (Wildman–Crippen LogP) is 2.13. The molecule has 1 atom stereocenters. The highest BCUT2D eigenvalue weighted by molar-refractivity contribution is 7.12. The Morgan fingerprint density at radius 3 is 2.74 bits per heavy atom. The fourth-order valence-electron chi connectivity index (χ4n) is 2.41. The normalized spacial score (nSPS) is 19.1. The van der Waals surface area contributed by atoms with Gasteiger partial charge in [-0.1, -0.05) is 6.07 Å². The molecule has 0 aliphatic heterocycles. The summed E-state index contributed by atoms with van der Waals surface area (Å²) in [6.07, 6.45) is 3.07. The Hall–Kier alpha value is -1.20. The van der Waals surface area contributed by atoms with Crippen LogP contribution in [-0.4, -0.2) is 28.4 Å². The number of hydrogen-bond donors (Lipinski definition) is 2. The van der Waals surface area contributed by atoms with Gasteiger partial charge in [-0.15, -0.1) is 11.3 Å². The molecule has 104 valence electrons. The van der Waals surface area contributed by atoms with E-state index in [9.17, 15) is 14.7 Å². The highest BCUT2D eigenvalue weighted by atomic mass is 32.1. The molecular formula is C14H19NO3S. The SMILES string of the molecule is C[C@@H](CC(=O)c1cccs1)NC(=O)C1(O)CCCC1. The third-order valence-corrected chi connectivity index (χ3v) is 4.43. The lowest BCUT2D eigenvalue weighted by molar-refractivity contribution is -0.139. The van der Waals surface area contributed by atoms with Gasteiger partial charge < -0.3 is 10.4 Å². The van der Waals surface area contributed by atoms with Gasteiger partial charge in [-0.2, -0.15) is 0 Å². The second kappa shape index (κ2) is 5.84. The van der Waals surface area contributed by atoms with Crippen LogP contribution < -0.4 is 5.32 Å². The van der Waals surface area contributed by atoms with Gasteiger partial charge in [-0.05, 0) is 44.1 Å². The highest BCUT2D eigenvalue weighted by Crippen LogP contribution is 2.29. The maximum Gasteiger partial charge on any atom is 0.252 e. The molecule has 5 heteroatoms. The average Bonchev–Trinajstić information content (AvgIpc) is 2.99. The lowest BCUT2D eigenvalue weighted by Gasteiger charge is -2.23. The molecule has 2 N–H and O–H groups in total. The summed E-state index contributed by atoms with van der Waals surface area (Å²) in [7, 11) is 0. The van der Waals surface area contributed by atoms with Crippen LogP contribution in [0.15, 0.2) is 17.5 Å². The molecule has 19 heavy (non-hydrogen) atoms. The standard InChI is InChI=1S/C14H19NO3S/c1-10(9-11(16)12-5-4-8-19-12)15-13(17)14(18)6-2-3-7-14/h4-5,8,10,18H,2-3,6-7,9H2,1H3,(H,15,17)/t10-/m0/s1. The van der Waals surface area contributed by atoms with Crippen molar-refractivity contribution in [3.8, 4) is 0 Å². The molecule has 1 aliphatic rings. The van der Waals surface area contributed by atoms with Crippen molar-refractivity contribution in [3.05, 3.63) is 22.4 Å². The molecule has 2 rings (SSSR count). The summed E-state index contributed by atoms with van der Waals surface area (Å²) in [6.45, 7) is 1.79. The van der Waals surface area contributed by atoms with E-state index in [2.05, 4.69) is 5.32 Å². The van der Waals surface area contributed by atoms with Gasteiger partial charge in [-0.25, -0.2) is 0 Å². The third kappa shape index (κ3) is 3.42. The first-order valence-corrected chi connectivity index (χ1v) is 7.49. The molecule has 0 saturated heterocycles. The predicted molar refractivity (Wildman–Crippen MR) is 74.3 cm³/mol. The smallest absolute Gasteiger partial charge is 0.252 e. The second-order valence-corrected chi connectivity index (χ2v) is 6.17. The number of carbonyl (C=O) groups is 2. The van der Waals surface area contributed by atoms with Gasteiger partial charge in [0.2, 0.25) is 0 Å². The Morgan fingerprint density at radius 1 is 1.47 bits per heavy atom.